The van der Waals surface area contributed by atoms with E-state index >= 15 is 0 Å². The Kier molecular flexibility index (Phi) is 10.9. The summed E-state index contributed by atoms with van der Waals surface area (Å²) in [6.45, 7) is 6.37. The number of urea groups is 1. The highest BCUT2D eigenvalue weighted by atomic mass is 32.2. The van der Waals surface area contributed by atoms with E-state index in [1.807, 2.05) is 60.7 Å². The Balaban J connectivity index is 1.15. The standard InChI is InChI=1S/C44H53N7O8S/c1-43(2,3)27-19-17-26(18-20-27)37-46-35-31-14-11-12-16-34(31)59-36(35)39(47-37)58-29-23-33-38(52)48-44(41(54)49-60(56,57)30-21-22-30)24-28(44)13-9-7-6-8-10-15-32(40(53)51(33)25-29)45-42(55)50(4)5/h9,11-14,16-20,28-30,32-33H,6-8,10,15,21-25H2,1-5H3,(H,45,55)(H,48,52)(H,49,54)/b13-9-/t28-,29+,32-,33-,44+/m0/s1. The number of sulfonamides is 1. The summed E-state index contributed by atoms with van der Waals surface area (Å²) in [5.74, 6) is -1.80. The molecular formula is C44H53N7O8S. The average Bonchev–Trinajstić information content (AvgIpc) is 4.11. The third-order valence-corrected chi connectivity index (χ3v) is 13.8. The van der Waals surface area contributed by atoms with Gasteiger partial charge in [0.15, 0.2) is 5.82 Å². The second-order valence-corrected chi connectivity index (χ2v) is 19.8. The lowest BCUT2D eigenvalue weighted by Gasteiger charge is -2.30. The van der Waals surface area contributed by atoms with Crippen LogP contribution in [-0.2, 0) is 29.8 Å². The van der Waals surface area contributed by atoms with Gasteiger partial charge in [-0.1, -0.05) is 82.2 Å². The predicted molar refractivity (Wildman–Crippen MR) is 225 cm³/mol. The zero-order valence-corrected chi connectivity index (χ0v) is 35.5. The molecule has 5 amide bonds. The Labute approximate surface area is 349 Å². The minimum Gasteiger partial charge on any atom is -0.470 e. The van der Waals surface area contributed by atoms with E-state index in [9.17, 15) is 27.6 Å². The molecule has 5 atom stereocenters. The largest absolute Gasteiger partial charge is 0.470 e. The van der Waals surface area contributed by atoms with Crippen molar-refractivity contribution >= 4 is 55.8 Å². The lowest BCUT2D eigenvalue weighted by Crippen LogP contribution is -2.58. The van der Waals surface area contributed by atoms with E-state index in [0.717, 1.165) is 29.4 Å². The van der Waals surface area contributed by atoms with Crippen LogP contribution in [0.5, 0.6) is 5.88 Å². The summed E-state index contributed by atoms with van der Waals surface area (Å²) < 4.78 is 41.1. The van der Waals surface area contributed by atoms with Crippen LogP contribution in [0.15, 0.2) is 65.1 Å². The van der Waals surface area contributed by atoms with E-state index in [1.54, 1.807) is 14.1 Å². The summed E-state index contributed by atoms with van der Waals surface area (Å²) in [7, 11) is -0.740. The lowest BCUT2D eigenvalue weighted by atomic mass is 9.87. The third kappa shape index (κ3) is 8.30. The highest BCUT2D eigenvalue weighted by molar-refractivity contribution is 7.91. The Morgan fingerprint density at radius 3 is 2.47 bits per heavy atom. The van der Waals surface area contributed by atoms with Crippen LogP contribution in [0, 0.1) is 5.92 Å². The van der Waals surface area contributed by atoms with Gasteiger partial charge in [0.25, 0.3) is 11.8 Å². The fourth-order valence-electron chi connectivity index (χ4n) is 8.18. The molecule has 4 aromatic rings. The summed E-state index contributed by atoms with van der Waals surface area (Å²) in [6, 6.07) is 13.0. The van der Waals surface area contributed by atoms with E-state index in [0.29, 0.717) is 54.6 Å². The van der Waals surface area contributed by atoms with Crippen molar-refractivity contribution in [3.05, 3.63) is 66.2 Å². The van der Waals surface area contributed by atoms with E-state index in [-0.39, 0.29) is 30.7 Å². The summed E-state index contributed by atoms with van der Waals surface area (Å²) in [4.78, 5) is 68.6. The minimum absolute atomic E-state index is 0.00579. The Hall–Kier alpha value is -5.51. The molecule has 0 radical (unpaired) electrons. The summed E-state index contributed by atoms with van der Waals surface area (Å²) in [5, 5.41) is 5.89. The molecule has 0 spiro atoms. The topological polar surface area (TPSA) is 193 Å². The van der Waals surface area contributed by atoms with Gasteiger partial charge < -0.3 is 29.6 Å². The van der Waals surface area contributed by atoms with Gasteiger partial charge in [0, 0.05) is 37.4 Å². The molecule has 2 aromatic carbocycles. The number of ether oxygens (including phenoxy) is 1. The number of nitrogens with one attached hydrogen (secondary N) is 3. The van der Waals surface area contributed by atoms with Crippen molar-refractivity contribution in [3.8, 4) is 17.3 Å². The lowest BCUT2D eigenvalue weighted by molar-refractivity contribution is -0.141. The molecule has 2 aliphatic carbocycles. The molecule has 60 heavy (non-hydrogen) atoms. The molecule has 0 bridgehead atoms. The first-order valence-electron chi connectivity index (χ1n) is 20.8. The molecule has 0 unspecified atom stereocenters. The van der Waals surface area contributed by atoms with Gasteiger partial charge in [0.1, 0.15) is 34.8 Å². The maximum absolute atomic E-state index is 14.7. The van der Waals surface area contributed by atoms with Crippen molar-refractivity contribution in [2.45, 2.75) is 113 Å². The van der Waals surface area contributed by atoms with Gasteiger partial charge >= 0.3 is 6.03 Å². The van der Waals surface area contributed by atoms with Crippen molar-refractivity contribution < 1.29 is 36.7 Å². The van der Waals surface area contributed by atoms with Crippen LogP contribution < -0.4 is 20.1 Å². The molecule has 318 valence electrons. The number of hydrogen-bond acceptors (Lipinski definition) is 10. The molecule has 2 aliphatic heterocycles. The van der Waals surface area contributed by atoms with Gasteiger partial charge in [0.05, 0.1) is 11.8 Å². The number of rotatable bonds is 7. The highest BCUT2D eigenvalue weighted by Gasteiger charge is 2.62. The van der Waals surface area contributed by atoms with E-state index < -0.39 is 68.7 Å². The molecule has 16 heteroatoms. The first-order valence-corrected chi connectivity index (χ1v) is 22.4. The van der Waals surface area contributed by atoms with E-state index in [1.165, 1.54) is 9.80 Å². The van der Waals surface area contributed by atoms with Crippen LogP contribution in [0.2, 0.25) is 0 Å². The van der Waals surface area contributed by atoms with Gasteiger partial charge in [-0.2, -0.15) is 4.98 Å². The van der Waals surface area contributed by atoms with Crippen LogP contribution >= 0.6 is 0 Å². The predicted octanol–water partition coefficient (Wildman–Crippen LogP) is 5.33. The number of carbonyl (C=O) groups is 4. The number of fused-ring (bicyclic) bond motifs is 5. The second-order valence-electron chi connectivity index (χ2n) is 17.8. The van der Waals surface area contributed by atoms with Crippen molar-refractivity contribution in [2.75, 3.05) is 20.6 Å². The maximum atomic E-state index is 14.7. The van der Waals surface area contributed by atoms with E-state index in [2.05, 4.69) is 36.1 Å². The van der Waals surface area contributed by atoms with Crippen molar-refractivity contribution in [1.82, 2.24) is 35.1 Å². The molecule has 4 heterocycles. The molecule has 4 aliphatic rings. The number of amides is 5. The Morgan fingerprint density at radius 2 is 1.75 bits per heavy atom. The van der Waals surface area contributed by atoms with Gasteiger partial charge in [0.2, 0.25) is 27.4 Å². The van der Waals surface area contributed by atoms with Crippen LogP contribution in [-0.4, -0.2) is 102 Å². The van der Waals surface area contributed by atoms with Crippen LogP contribution in [0.4, 0.5) is 4.79 Å². The molecule has 3 fully saturated rings. The quantitative estimate of drug-likeness (QED) is 0.205. The summed E-state index contributed by atoms with van der Waals surface area (Å²) in [5.41, 5.74) is 1.75. The SMILES string of the molecule is CN(C)C(=O)N[C@H]1CCCCC/C=C\[C@H]2C[C@@]2(C(=O)NS(=O)(=O)C2CC2)NC(=O)[C@@H]2C[C@@H](Oc3nc(-c4ccc(C(C)(C)C)cc4)nc4c3oc3ccccc34)CN2C1=O. The first kappa shape index (κ1) is 41.2. The molecular weight excluding hydrogens is 787 g/mol. The number of hydrogen-bond donors (Lipinski definition) is 3. The van der Waals surface area contributed by atoms with Crippen molar-refractivity contribution in [1.29, 1.82) is 0 Å². The number of allylic oxidation sites excluding steroid dienone is 1. The third-order valence-electron chi connectivity index (χ3n) is 12.0. The number of nitrogens with zero attached hydrogens (tertiary/aromatic N) is 4. The fourth-order valence-corrected chi connectivity index (χ4v) is 9.54. The number of aromatic nitrogens is 2. The minimum atomic E-state index is -3.91. The van der Waals surface area contributed by atoms with E-state index in [4.69, 9.17) is 19.1 Å². The van der Waals surface area contributed by atoms with Gasteiger partial charge in [-0.15, -0.1) is 0 Å². The normalized spacial score (nSPS) is 25.6. The van der Waals surface area contributed by atoms with Crippen LogP contribution in [0.1, 0.15) is 84.1 Å². The summed E-state index contributed by atoms with van der Waals surface area (Å²) >= 11 is 0. The number of benzene rings is 2. The molecule has 8 rings (SSSR count). The zero-order chi connectivity index (χ0) is 42.6. The van der Waals surface area contributed by atoms with Crippen LogP contribution in [0.3, 0.4) is 0 Å². The second kappa shape index (κ2) is 15.8. The smallest absolute Gasteiger partial charge is 0.317 e. The molecule has 3 N–H and O–H groups in total. The monoisotopic (exact) mass is 839 g/mol. The Bertz CT molecular complexity index is 2470. The molecule has 2 aromatic heterocycles. The fraction of sp³-hybridized carbons (Fsp3) is 0.500. The molecule has 1 saturated heterocycles. The number of carbonyl (C=O) groups excluding carboxylic acids is 4. The van der Waals surface area contributed by atoms with Crippen LogP contribution in [0.25, 0.3) is 33.5 Å². The zero-order valence-electron chi connectivity index (χ0n) is 34.7. The highest BCUT2D eigenvalue weighted by Crippen LogP contribution is 2.46. The van der Waals surface area contributed by atoms with Crippen molar-refractivity contribution in [3.63, 3.8) is 0 Å². The first-order chi connectivity index (χ1) is 28.5. The molecule has 15 nitrogen and oxygen atoms in total. The summed E-state index contributed by atoms with van der Waals surface area (Å²) in [6.07, 6.45) is 7.44. The average molecular weight is 840 g/mol. The number of furan rings is 1. The number of para-hydroxylation sites is 1. The van der Waals surface area contributed by atoms with Gasteiger partial charge in [-0.3, -0.25) is 19.1 Å². The van der Waals surface area contributed by atoms with Gasteiger partial charge in [-0.05, 0) is 61.6 Å². The van der Waals surface area contributed by atoms with Crippen molar-refractivity contribution in [2.24, 2.45) is 5.92 Å². The molecule has 2 saturated carbocycles. The van der Waals surface area contributed by atoms with Gasteiger partial charge in [-0.25, -0.2) is 18.2 Å². The maximum Gasteiger partial charge on any atom is 0.317 e. The Morgan fingerprint density at radius 1 is 1.00 bits per heavy atom.